The van der Waals surface area contributed by atoms with E-state index in [0.29, 0.717) is 53.8 Å². The van der Waals surface area contributed by atoms with Crippen LogP contribution in [0, 0.1) is 5.92 Å². The summed E-state index contributed by atoms with van der Waals surface area (Å²) in [5.41, 5.74) is -0.538. The summed E-state index contributed by atoms with van der Waals surface area (Å²) in [6.45, 7) is 12.3. The zero-order valence-corrected chi connectivity index (χ0v) is 35.2. The molecular formula is C44H53N5O10S. The van der Waals surface area contributed by atoms with Crippen LogP contribution in [-0.2, 0) is 38.7 Å². The fraction of sp³-hybridized carbons (Fsp3) is 0.455. The molecule has 2 aliphatic carbocycles. The second-order valence-electron chi connectivity index (χ2n) is 16.5. The van der Waals surface area contributed by atoms with Crippen molar-refractivity contribution in [1.82, 2.24) is 25.2 Å². The first kappa shape index (κ1) is 43.8. The predicted octanol–water partition coefficient (Wildman–Crippen LogP) is 4.50. The highest BCUT2D eigenvalue weighted by atomic mass is 32.2. The Labute approximate surface area is 350 Å². The third kappa shape index (κ3) is 10.3. The van der Waals surface area contributed by atoms with Gasteiger partial charge in [0.1, 0.15) is 40.8 Å². The molecule has 15 nitrogen and oxygen atoms in total. The monoisotopic (exact) mass is 843 g/mol. The SMILES string of the molecule is C=CCCCC(=O)N[C@@H](CC(=O)OC(C)(C)C)C(=O)N1C[C@H](Oc2cc(-c3ccccc3)nc3cc(OC)ccc23)C[C@H]1C(=O)N[C@]1(C(=O)NS(=O)(=O)C2CC2)C[C@@H]1C=C. The van der Waals surface area contributed by atoms with Crippen molar-refractivity contribution < 1.29 is 46.6 Å². The lowest BCUT2D eigenvalue weighted by Gasteiger charge is -2.30. The smallest absolute Gasteiger partial charge is 0.308 e. The van der Waals surface area contributed by atoms with Gasteiger partial charge in [-0.1, -0.05) is 42.5 Å². The van der Waals surface area contributed by atoms with Gasteiger partial charge in [0, 0.05) is 41.8 Å². The third-order valence-corrected chi connectivity index (χ3v) is 12.5. The van der Waals surface area contributed by atoms with Crippen LogP contribution in [0.5, 0.6) is 11.5 Å². The average molecular weight is 844 g/mol. The lowest BCUT2D eigenvalue weighted by atomic mass is 10.1. The van der Waals surface area contributed by atoms with Gasteiger partial charge in [-0.3, -0.25) is 28.7 Å². The Hall–Kier alpha value is -5.77. The van der Waals surface area contributed by atoms with Gasteiger partial charge in [0.05, 0.1) is 36.5 Å². The molecule has 0 bridgehead atoms. The van der Waals surface area contributed by atoms with E-state index in [1.165, 1.54) is 11.0 Å². The number of fused-ring (bicyclic) bond motifs is 1. The molecule has 0 spiro atoms. The van der Waals surface area contributed by atoms with E-state index < -0.39 is 86.5 Å². The number of nitrogens with zero attached hydrogens (tertiary/aromatic N) is 2. The Morgan fingerprint density at radius 2 is 1.78 bits per heavy atom. The van der Waals surface area contributed by atoms with Crippen molar-refractivity contribution in [3.63, 3.8) is 0 Å². The summed E-state index contributed by atoms with van der Waals surface area (Å²) >= 11 is 0. The van der Waals surface area contributed by atoms with Gasteiger partial charge in [0.25, 0.3) is 5.91 Å². The van der Waals surface area contributed by atoms with Crippen LogP contribution in [0.3, 0.4) is 0 Å². The molecule has 0 unspecified atom stereocenters. The molecule has 1 saturated heterocycles. The number of nitrogens with one attached hydrogen (secondary N) is 3. The number of carbonyl (C=O) groups is 5. The molecule has 1 aliphatic heterocycles. The van der Waals surface area contributed by atoms with Gasteiger partial charge in [-0.2, -0.15) is 0 Å². The van der Waals surface area contributed by atoms with Crippen molar-refractivity contribution in [3.8, 4) is 22.8 Å². The average Bonchev–Trinajstić information content (AvgIpc) is 4.13. The van der Waals surface area contributed by atoms with Gasteiger partial charge >= 0.3 is 5.97 Å². The number of rotatable bonds is 18. The van der Waals surface area contributed by atoms with Crippen LogP contribution in [0.2, 0.25) is 0 Å². The summed E-state index contributed by atoms with van der Waals surface area (Å²) in [7, 11) is -2.41. The molecule has 1 aromatic heterocycles. The first-order chi connectivity index (χ1) is 28.5. The van der Waals surface area contributed by atoms with Gasteiger partial charge in [0.15, 0.2) is 0 Å². The number of pyridine rings is 1. The van der Waals surface area contributed by atoms with Crippen molar-refractivity contribution >= 4 is 50.5 Å². The Morgan fingerprint density at radius 3 is 2.42 bits per heavy atom. The Balaban J connectivity index is 1.34. The van der Waals surface area contributed by atoms with E-state index >= 15 is 0 Å². The summed E-state index contributed by atoms with van der Waals surface area (Å²) in [5.74, 6) is -3.22. The second kappa shape index (κ2) is 17.8. The zero-order chi connectivity index (χ0) is 43.4. The largest absolute Gasteiger partial charge is 0.497 e. The minimum absolute atomic E-state index is 0.0494. The zero-order valence-electron chi connectivity index (χ0n) is 34.4. The van der Waals surface area contributed by atoms with Gasteiger partial charge in [-0.15, -0.1) is 13.2 Å². The molecule has 3 aromatic rings. The fourth-order valence-electron chi connectivity index (χ4n) is 7.35. The lowest BCUT2D eigenvalue weighted by Crippen LogP contribution is -2.58. The maximum atomic E-state index is 14.7. The first-order valence-corrected chi connectivity index (χ1v) is 21.7. The minimum atomic E-state index is -3.96. The number of aromatic nitrogens is 1. The van der Waals surface area contributed by atoms with Gasteiger partial charge in [0.2, 0.25) is 27.7 Å². The summed E-state index contributed by atoms with van der Waals surface area (Å²) in [6, 6.07) is 13.9. The molecule has 2 heterocycles. The molecule has 3 aliphatic rings. The molecule has 6 rings (SSSR count). The topological polar surface area (TPSA) is 199 Å². The maximum absolute atomic E-state index is 14.7. The fourth-order valence-corrected chi connectivity index (χ4v) is 8.72. The number of methoxy groups -OCH3 is 1. The van der Waals surface area contributed by atoms with Crippen LogP contribution >= 0.6 is 0 Å². The molecule has 0 radical (unpaired) electrons. The number of ether oxygens (including phenoxy) is 3. The van der Waals surface area contributed by atoms with Crippen molar-refractivity contribution in [2.24, 2.45) is 5.92 Å². The molecule has 2 aromatic carbocycles. The Bertz CT molecular complexity index is 2270. The van der Waals surface area contributed by atoms with E-state index in [1.807, 2.05) is 30.3 Å². The van der Waals surface area contributed by atoms with Crippen molar-refractivity contribution in [3.05, 3.63) is 79.9 Å². The molecule has 3 N–H and O–H groups in total. The Kier molecular flexibility index (Phi) is 13.0. The molecule has 60 heavy (non-hydrogen) atoms. The van der Waals surface area contributed by atoms with E-state index in [1.54, 1.807) is 58.2 Å². The number of hydrogen-bond acceptors (Lipinski definition) is 11. The van der Waals surface area contributed by atoms with Crippen LogP contribution in [0.1, 0.15) is 72.1 Å². The summed E-state index contributed by atoms with van der Waals surface area (Å²) < 4.78 is 45.4. The van der Waals surface area contributed by atoms with E-state index in [9.17, 15) is 32.4 Å². The number of esters is 1. The molecule has 3 fully saturated rings. The number of benzene rings is 2. The lowest BCUT2D eigenvalue weighted by molar-refractivity contribution is -0.157. The molecule has 5 atom stereocenters. The number of unbranched alkanes of at least 4 members (excludes halogenated alkanes) is 1. The van der Waals surface area contributed by atoms with Crippen molar-refractivity contribution in [1.29, 1.82) is 0 Å². The highest BCUT2D eigenvalue weighted by Gasteiger charge is 2.62. The number of allylic oxidation sites excluding steroid dienone is 1. The van der Waals surface area contributed by atoms with Crippen LogP contribution in [0.15, 0.2) is 79.9 Å². The van der Waals surface area contributed by atoms with Crippen LogP contribution < -0.4 is 24.8 Å². The van der Waals surface area contributed by atoms with Crippen LogP contribution in [0.4, 0.5) is 0 Å². The number of likely N-dealkylation sites (tertiary alicyclic amines) is 1. The Morgan fingerprint density at radius 1 is 1.05 bits per heavy atom. The molecular weight excluding hydrogens is 791 g/mol. The predicted molar refractivity (Wildman–Crippen MR) is 224 cm³/mol. The quantitative estimate of drug-likeness (QED) is 0.0926. The normalized spacial score (nSPS) is 21.6. The number of sulfonamides is 1. The van der Waals surface area contributed by atoms with Crippen molar-refractivity contribution in [2.75, 3.05) is 13.7 Å². The molecule has 4 amide bonds. The van der Waals surface area contributed by atoms with Gasteiger partial charge in [-0.05, 0) is 65.0 Å². The van der Waals surface area contributed by atoms with E-state index in [4.69, 9.17) is 19.2 Å². The molecule has 320 valence electrons. The highest BCUT2D eigenvalue weighted by molar-refractivity contribution is 7.91. The van der Waals surface area contributed by atoms with Gasteiger partial charge < -0.3 is 29.7 Å². The first-order valence-electron chi connectivity index (χ1n) is 20.1. The third-order valence-electron chi connectivity index (χ3n) is 10.7. The summed E-state index contributed by atoms with van der Waals surface area (Å²) in [5, 5.41) is 5.41. The number of hydrogen-bond donors (Lipinski definition) is 3. The van der Waals surface area contributed by atoms with E-state index in [0.717, 1.165) is 5.56 Å². The standard InChI is InChI=1S/C44H53N5O10S/c1-7-9-11-16-38(50)46-35(24-39(51)59-43(3,4)5)41(53)49-26-30(22-36(49)40(52)47-44(25-28(44)8-2)42(54)48-60(55,56)31-18-19-31)58-37-23-33(27-14-12-10-13-15-27)45-34-21-29(57-6)17-20-32(34)37/h7-8,10,12-15,17,20-21,23,28,30-31,35-36H,1-2,9,11,16,18-19,22,24-26H2,3-6H3,(H,46,50)(H,47,52)(H,48,54)/t28-,30+,35-,36-,44+/m0/s1. The maximum Gasteiger partial charge on any atom is 0.308 e. The summed E-state index contributed by atoms with van der Waals surface area (Å²) in [6.07, 6.45) is 3.72. The number of carbonyl (C=O) groups excluding carboxylic acids is 5. The molecule has 16 heteroatoms. The highest BCUT2D eigenvalue weighted by Crippen LogP contribution is 2.45. The van der Waals surface area contributed by atoms with Crippen molar-refractivity contribution in [2.45, 2.75) is 107 Å². The summed E-state index contributed by atoms with van der Waals surface area (Å²) in [4.78, 5) is 75.3. The molecule has 2 saturated carbocycles. The van der Waals surface area contributed by atoms with E-state index in [-0.39, 0.29) is 25.8 Å². The van der Waals surface area contributed by atoms with Crippen LogP contribution in [0.25, 0.3) is 22.2 Å². The second-order valence-corrected chi connectivity index (χ2v) is 18.5. The number of amides is 4. The van der Waals surface area contributed by atoms with Gasteiger partial charge in [-0.25, -0.2) is 13.4 Å². The minimum Gasteiger partial charge on any atom is -0.497 e. The van der Waals surface area contributed by atoms with Crippen LogP contribution in [-0.4, -0.2) is 96.1 Å². The van der Waals surface area contributed by atoms with E-state index in [2.05, 4.69) is 28.5 Å².